The van der Waals surface area contributed by atoms with Crippen molar-refractivity contribution in [1.82, 2.24) is 0 Å². The van der Waals surface area contributed by atoms with Gasteiger partial charge in [0.1, 0.15) is 5.56 Å². The number of aryl methyl sites for hydroxylation is 1. The van der Waals surface area contributed by atoms with Crippen molar-refractivity contribution < 1.29 is 14.1 Å². The lowest BCUT2D eigenvalue weighted by molar-refractivity contribution is -0.385. The maximum absolute atomic E-state index is 13.7. The third kappa shape index (κ3) is 3.00. The molecule has 108 valence electrons. The van der Waals surface area contributed by atoms with E-state index in [-0.39, 0.29) is 22.0 Å². The molecule has 0 aromatic heterocycles. The predicted molar refractivity (Wildman–Crippen MR) is 77.2 cm³/mol. The van der Waals surface area contributed by atoms with Crippen molar-refractivity contribution in [2.45, 2.75) is 6.92 Å². The Morgan fingerprint density at radius 3 is 2.62 bits per heavy atom. The van der Waals surface area contributed by atoms with Crippen LogP contribution in [0.4, 0.5) is 15.8 Å². The summed E-state index contributed by atoms with van der Waals surface area (Å²) in [4.78, 5) is 22.5. The molecule has 2 aromatic carbocycles. The fourth-order valence-electron chi connectivity index (χ4n) is 1.87. The Labute approximate surface area is 124 Å². The molecule has 0 aliphatic carbocycles. The van der Waals surface area contributed by atoms with Gasteiger partial charge < -0.3 is 5.32 Å². The Kier molecular flexibility index (Phi) is 4.18. The number of benzene rings is 2. The normalized spacial score (nSPS) is 10.2. The Morgan fingerprint density at radius 1 is 1.29 bits per heavy atom. The maximum atomic E-state index is 13.7. The number of halogens is 2. The minimum Gasteiger partial charge on any atom is -0.319 e. The van der Waals surface area contributed by atoms with E-state index in [0.717, 1.165) is 0 Å². The fourth-order valence-corrected chi connectivity index (χ4v) is 2.05. The van der Waals surface area contributed by atoms with Crippen molar-refractivity contribution in [3.8, 4) is 0 Å². The molecular weight excluding hydrogens is 299 g/mol. The van der Waals surface area contributed by atoms with E-state index >= 15 is 0 Å². The van der Waals surface area contributed by atoms with Crippen LogP contribution >= 0.6 is 11.6 Å². The lowest BCUT2D eigenvalue weighted by atomic mass is 10.1. The Hall–Kier alpha value is -2.47. The van der Waals surface area contributed by atoms with Gasteiger partial charge in [0.15, 0.2) is 5.82 Å². The van der Waals surface area contributed by atoms with Crippen molar-refractivity contribution in [3.05, 3.63) is 68.5 Å². The highest BCUT2D eigenvalue weighted by Gasteiger charge is 2.23. The number of nitrogens with zero attached hydrogens (tertiary/aromatic N) is 1. The topological polar surface area (TPSA) is 72.2 Å². The quantitative estimate of drug-likeness (QED) is 0.689. The van der Waals surface area contributed by atoms with Crippen molar-refractivity contribution in [2.24, 2.45) is 0 Å². The highest BCUT2D eigenvalue weighted by atomic mass is 35.5. The van der Waals surface area contributed by atoms with E-state index in [0.29, 0.717) is 5.56 Å². The molecule has 7 heteroatoms. The van der Waals surface area contributed by atoms with Gasteiger partial charge in [-0.2, -0.15) is 0 Å². The van der Waals surface area contributed by atoms with Gasteiger partial charge in [-0.3, -0.25) is 14.9 Å². The van der Waals surface area contributed by atoms with Crippen LogP contribution in [0.15, 0.2) is 36.4 Å². The second kappa shape index (κ2) is 5.88. The number of nitro benzene ring substituents is 1. The van der Waals surface area contributed by atoms with Crippen LogP contribution in [0.2, 0.25) is 5.02 Å². The monoisotopic (exact) mass is 308 g/mol. The van der Waals surface area contributed by atoms with Crippen molar-refractivity contribution in [2.75, 3.05) is 5.32 Å². The molecule has 0 saturated carbocycles. The zero-order valence-corrected chi connectivity index (χ0v) is 11.6. The number of carbonyl (C=O) groups excluding carboxylic acids is 1. The first-order chi connectivity index (χ1) is 9.91. The van der Waals surface area contributed by atoms with Crippen LogP contribution < -0.4 is 5.32 Å². The number of para-hydroxylation sites is 1. The van der Waals surface area contributed by atoms with Gasteiger partial charge in [0, 0.05) is 5.56 Å². The average Bonchev–Trinajstić information content (AvgIpc) is 2.43. The van der Waals surface area contributed by atoms with Crippen molar-refractivity contribution >= 4 is 28.9 Å². The largest absolute Gasteiger partial charge is 0.319 e. The number of nitro groups is 1. The molecule has 2 aromatic rings. The summed E-state index contributed by atoms with van der Waals surface area (Å²) < 4.78 is 13.7. The fraction of sp³-hybridized carbons (Fsp3) is 0.0714. The summed E-state index contributed by atoms with van der Waals surface area (Å²) in [6.45, 7) is 1.52. The number of amides is 1. The summed E-state index contributed by atoms with van der Waals surface area (Å²) in [5.41, 5.74) is -0.237. The third-order valence-electron chi connectivity index (χ3n) is 2.86. The molecule has 1 N–H and O–H groups in total. The number of nitrogens with one attached hydrogen (secondary N) is 1. The second-order valence-electron chi connectivity index (χ2n) is 4.28. The van der Waals surface area contributed by atoms with E-state index in [1.165, 1.54) is 43.3 Å². The third-order valence-corrected chi connectivity index (χ3v) is 3.16. The standard InChI is InChI=1S/C14H10ClFN2O3/c1-8-4-2-5-9(13(8)18(20)21)14(19)17-11-7-3-6-10(15)12(11)16/h2-7H,1H3,(H,17,19). The van der Waals surface area contributed by atoms with Gasteiger partial charge >= 0.3 is 0 Å². The first kappa shape index (κ1) is 14.9. The molecule has 21 heavy (non-hydrogen) atoms. The second-order valence-corrected chi connectivity index (χ2v) is 4.69. The van der Waals surface area contributed by atoms with E-state index in [4.69, 9.17) is 11.6 Å². The Balaban J connectivity index is 2.40. The first-order valence-corrected chi connectivity index (χ1v) is 6.29. The summed E-state index contributed by atoms with van der Waals surface area (Å²) >= 11 is 5.62. The van der Waals surface area contributed by atoms with Crippen LogP contribution in [-0.2, 0) is 0 Å². The van der Waals surface area contributed by atoms with Gasteiger partial charge in [0.25, 0.3) is 11.6 Å². The maximum Gasteiger partial charge on any atom is 0.285 e. The van der Waals surface area contributed by atoms with Crippen LogP contribution in [0.1, 0.15) is 15.9 Å². The number of rotatable bonds is 3. The molecule has 0 atom stereocenters. The van der Waals surface area contributed by atoms with Gasteiger partial charge in [-0.05, 0) is 25.1 Å². The van der Waals surface area contributed by atoms with E-state index in [1.54, 1.807) is 0 Å². The Bertz CT molecular complexity index is 734. The summed E-state index contributed by atoms with van der Waals surface area (Å²) in [6.07, 6.45) is 0. The van der Waals surface area contributed by atoms with Crippen LogP contribution in [0, 0.1) is 22.9 Å². The van der Waals surface area contributed by atoms with Gasteiger partial charge in [-0.1, -0.05) is 29.8 Å². The minimum absolute atomic E-state index is 0.136. The van der Waals surface area contributed by atoms with Crippen LogP contribution in [0.25, 0.3) is 0 Å². The molecular formula is C14H10ClFN2O3. The highest BCUT2D eigenvalue weighted by Crippen LogP contribution is 2.26. The molecule has 5 nitrogen and oxygen atoms in total. The molecule has 0 saturated heterocycles. The van der Waals surface area contributed by atoms with Crippen LogP contribution in [-0.4, -0.2) is 10.8 Å². The number of anilines is 1. The summed E-state index contributed by atoms with van der Waals surface area (Å²) in [7, 11) is 0. The SMILES string of the molecule is Cc1cccc(C(=O)Nc2cccc(Cl)c2F)c1[N+](=O)[O-]. The van der Waals surface area contributed by atoms with E-state index in [9.17, 15) is 19.3 Å². The zero-order chi connectivity index (χ0) is 15.6. The number of hydrogen-bond donors (Lipinski definition) is 1. The lowest BCUT2D eigenvalue weighted by Gasteiger charge is -2.08. The summed E-state index contributed by atoms with van der Waals surface area (Å²) in [5.74, 6) is -1.56. The average molecular weight is 309 g/mol. The molecule has 0 spiro atoms. The summed E-state index contributed by atoms with van der Waals surface area (Å²) in [5, 5.41) is 13.2. The van der Waals surface area contributed by atoms with Crippen LogP contribution in [0.5, 0.6) is 0 Å². The van der Waals surface area contributed by atoms with E-state index < -0.39 is 16.6 Å². The van der Waals surface area contributed by atoms with E-state index in [1.807, 2.05) is 0 Å². The molecule has 0 heterocycles. The summed E-state index contributed by atoms with van der Waals surface area (Å²) in [6, 6.07) is 8.47. The van der Waals surface area contributed by atoms with Crippen LogP contribution in [0.3, 0.4) is 0 Å². The molecule has 0 aliphatic rings. The van der Waals surface area contributed by atoms with Gasteiger partial charge in [-0.25, -0.2) is 4.39 Å². The Morgan fingerprint density at radius 2 is 1.95 bits per heavy atom. The lowest BCUT2D eigenvalue weighted by Crippen LogP contribution is -2.15. The molecule has 0 unspecified atom stereocenters. The first-order valence-electron chi connectivity index (χ1n) is 5.91. The van der Waals surface area contributed by atoms with Gasteiger partial charge in [0.05, 0.1) is 15.6 Å². The number of carbonyl (C=O) groups is 1. The number of hydrogen-bond acceptors (Lipinski definition) is 3. The molecule has 1 amide bonds. The molecule has 0 fully saturated rings. The van der Waals surface area contributed by atoms with Crippen molar-refractivity contribution in [1.29, 1.82) is 0 Å². The van der Waals surface area contributed by atoms with Gasteiger partial charge in [-0.15, -0.1) is 0 Å². The minimum atomic E-state index is -0.789. The molecule has 2 rings (SSSR count). The van der Waals surface area contributed by atoms with E-state index in [2.05, 4.69) is 5.32 Å². The van der Waals surface area contributed by atoms with Crippen molar-refractivity contribution in [3.63, 3.8) is 0 Å². The molecule has 0 bridgehead atoms. The highest BCUT2D eigenvalue weighted by molar-refractivity contribution is 6.31. The molecule has 0 radical (unpaired) electrons. The van der Waals surface area contributed by atoms with Gasteiger partial charge in [0.2, 0.25) is 0 Å². The zero-order valence-electron chi connectivity index (χ0n) is 10.9. The smallest absolute Gasteiger partial charge is 0.285 e. The molecule has 0 aliphatic heterocycles. The predicted octanol–water partition coefficient (Wildman–Crippen LogP) is 3.95.